The Balaban J connectivity index is 1.38. The minimum absolute atomic E-state index is 0.0122. The predicted molar refractivity (Wildman–Crippen MR) is 116 cm³/mol. The van der Waals surface area contributed by atoms with Crippen LogP contribution in [0, 0.1) is 12.8 Å². The van der Waals surface area contributed by atoms with Crippen LogP contribution in [0.2, 0.25) is 0 Å². The van der Waals surface area contributed by atoms with Crippen LogP contribution in [0.4, 0.5) is 22.7 Å². The van der Waals surface area contributed by atoms with Crippen LogP contribution < -0.4 is 15.5 Å². The zero-order chi connectivity index (χ0) is 20.2. The first-order chi connectivity index (χ1) is 14.1. The van der Waals surface area contributed by atoms with Gasteiger partial charge in [-0.1, -0.05) is 36.4 Å². The lowest BCUT2D eigenvalue weighted by molar-refractivity contribution is -0.122. The van der Waals surface area contributed by atoms with E-state index in [0.29, 0.717) is 6.54 Å². The third-order valence-corrected chi connectivity index (χ3v) is 5.12. The standard InChI is InChI=1S/C24H23N3O2/c1-17-7-5-6-10-22(17)27-16-18(15-23(27)28)24(29)26-21-13-11-20(12-14-21)25-19-8-3-2-4-9-19/h2-14,18,25H,15-16H2,1H3,(H,26,29). The molecule has 0 aromatic heterocycles. The van der Waals surface area contributed by atoms with E-state index in [1.165, 1.54) is 0 Å². The zero-order valence-electron chi connectivity index (χ0n) is 16.3. The van der Waals surface area contributed by atoms with E-state index in [9.17, 15) is 9.59 Å². The van der Waals surface area contributed by atoms with E-state index in [-0.39, 0.29) is 24.2 Å². The summed E-state index contributed by atoms with van der Waals surface area (Å²) in [4.78, 5) is 26.9. The van der Waals surface area contributed by atoms with Crippen molar-refractivity contribution in [3.8, 4) is 0 Å². The summed E-state index contributed by atoms with van der Waals surface area (Å²) in [5.74, 6) is -0.496. The third-order valence-electron chi connectivity index (χ3n) is 5.12. The van der Waals surface area contributed by atoms with Gasteiger partial charge in [-0.3, -0.25) is 9.59 Å². The highest BCUT2D eigenvalue weighted by atomic mass is 16.2. The fraction of sp³-hybridized carbons (Fsp3) is 0.167. The van der Waals surface area contributed by atoms with Crippen molar-refractivity contribution in [2.24, 2.45) is 5.92 Å². The van der Waals surface area contributed by atoms with Crippen LogP contribution in [0.15, 0.2) is 78.9 Å². The molecule has 3 aromatic rings. The van der Waals surface area contributed by atoms with Gasteiger partial charge in [0, 0.05) is 35.7 Å². The smallest absolute Gasteiger partial charge is 0.229 e. The molecule has 2 N–H and O–H groups in total. The first-order valence-corrected chi connectivity index (χ1v) is 9.69. The normalized spacial score (nSPS) is 16.0. The summed E-state index contributed by atoms with van der Waals surface area (Å²) in [5.41, 5.74) is 4.57. The van der Waals surface area contributed by atoms with Crippen LogP contribution in [-0.4, -0.2) is 18.4 Å². The monoisotopic (exact) mass is 385 g/mol. The lowest BCUT2D eigenvalue weighted by Gasteiger charge is -2.19. The predicted octanol–water partition coefficient (Wildman–Crippen LogP) is 4.73. The molecule has 1 fully saturated rings. The third kappa shape index (κ3) is 4.29. The molecule has 1 atom stereocenters. The molecule has 0 saturated carbocycles. The molecule has 2 amide bonds. The molecule has 0 spiro atoms. The molecule has 1 unspecified atom stereocenters. The summed E-state index contributed by atoms with van der Waals surface area (Å²) in [5, 5.41) is 6.25. The van der Waals surface area contributed by atoms with Gasteiger partial charge in [0.25, 0.3) is 0 Å². The summed E-state index contributed by atoms with van der Waals surface area (Å²) in [7, 11) is 0. The number of benzene rings is 3. The molecule has 1 aliphatic heterocycles. The number of rotatable bonds is 5. The van der Waals surface area contributed by atoms with Crippen molar-refractivity contribution in [1.29, 1.82) is 0 Å². The van der Waals surface area contributed by atoms with Crippen molar-refractivity contribution >= 4 is 34.6 Å². The molecule has 0 aliphatic carbocycles. The molecule has 1 heterocycles. The van der Waals surface area contributed by atoms with E-state index in [1.54, 1.807) is 4.90 Å². The van der Waals surface area contributed by atoms with Crippen molar-refractivity contribution in [3.05, 3.63) is 84.4 Å². The maximum Gasteiger partial charge on any atom is 0.229 e. The molecule has 3 aromatic carbocycles. The lowest BCUT2D eigenvalue weighted by Crippen LogP contribution is -2.28. The van der Waals surface area contributed by atoms with Gasteiger partial charge in [-0.25, -0.2) is 0 Å². The number of amides is 2. The highest BCUT2D eigenvalue weighted by Crippen LogP contribution is 2.28. The second-order valence-electron chi connectivity index (χ2n) is 7.25. The van der Waals surface area contributed by atoms with E-state index < -0.39 is 0 Å². The Kier molecular flexibility index (Phi) is 5.29. The van der Waals surface area contributed by atoms with Crippen molar-refractivity contribution in [1.82, 2.24) is 0 Å². The van der Waals surface area contributed by atoms with Gasteiger partial charge in [-0.15, -0.1) is 0 Å². The zero-order valence-corrected chi connectivity index (χ0v) is 16.3. The van der Waals surface area contributed by atoms with E-state index in [4.69, 9.17) is 0 Å². The average molecular weight is 385 g/mol. The lowest BCUT2D eigenvalue weighted by atomic mass is 10.1. The van der Waals surface area contributed by atoms with Crippen LogP contribution in [0.1, 0.15) is 12.0 Å². The van der Waals surface area contributed by atoms with Crippen LogP contribution >= 0.6 is 0 Å². The van der Waals surface area contributed by atoms with Gasteiger partial charge in [0.2, 0.25) is 11.8 Å². The summed E-state index contributed by atoms with van der Waals surface area (Å²) in [6.45, 7) is 2.38. The first-order valence-electron chi connectivity index (χ1n) is 9.69. The number of carbonyl (C=O) groups is 2. The van der Waals surface area contributed by atoms with E-state index in [1.807, 2.05) is 85.8 Å². The molecule has 1 saturated heterocycles. The Morgan fingerprint density at radius 3 is 2.21 bits per heavy atom. The largest absolute Gasteiger partial charge is 0.356 e. The molecule has 146 valence electrons. The Bertz CT molecular complexity index is 1020. The minimum Gasteiger partial charge on any atom is -0.356 e. The maximum atomic E-state index is 12.7. The number of para-hydroxylation sites is 2. The second kappa shape index (κ2) is 8.19. The maximum absolute atomic E-state index is 12.7. The van der Waals surface area contributed by atoms with Gasteiger partial charge in [0.1, 0.15) is 0 Å². The van der Waals surface area contributed by atoms with E-state index in [0.717, 1.165) is 28.3 Å². The SMILES string of the molecule is Cc1ccccc1N1CC(C(=O)Nc2ccc(Nc3ccccc3)cc2)CC1=O. The van der Waals surface area contributed by atoms with Crippen molar-refractivity contribution in [2.45, 2.75) is 13.3 Å². The van der Waals surface area contributed by atoms with Gasteiger partial charge < -0.3 is 15.5 Å². The summed E-state index contributed by atoms with van der Waals surface area (Å²) in [6.07, 6.45) is 0.230. The molecule has 5 nitrogen and oxygen atoms in total. The Hall–Kier alpha value is -3.60. The number of carbonyl (C=O) groups excluding carboxylic acids is 2. The molecule has 0 bridgehead atoms. The fourth-order valence-corrected chi connectivity index (χ4v) is 3.55. The summed E-state index contributed by atoms with van der Waals surface area (Å²) >= 11 is 0. The number of nitrogens with zero attached hydrogens (tertiary/aromatic N) is 1. The second-order valence-corrected chi connectivity index (χ2v) is 7.25. The van der Waals surface area contributed by atoms with Crippen LogP contribution in [-0.2, 0) is 9.59 Å². The summed E-state index contributed by atoms with van der Waals surface area (Å²) in [6, 6.07) is 25.2. The van der Waals surface area contributed by atoms with Crippen molar-refractivity contribution in [2.75, 3.05) is 22.1 Å². The van der Waals surface area contributed by atoms with Crippen molar-refractivity contribution < 1.29 is 9.59 Å². The van der Waals surface area contributed by atoms with Gasteiger partial charge >= 0.3 is 0 Å². The topological polar surface area (TPSA) is 61.4 Å². The van der Waals surface area contributed by atoms with Gasteiger partial charge in [0.15, 0.2) is 0 Å². The van der Waals surface area contributed by atoms with Crippen LogP contribution in [0.3, 0.4) is 0 Å². The highest BCUT2D eigenvalue weighted by molar-refractivity contribution is 6.03. The first kappa shape index (κ1) is 18.7. The van der Waals surface area contributed by atoms with Gasteiger partial charge in [-0.2, -0.15) is 0 Å². The molecule has 1 aliphatic rings. The number of anilines is 4. The number of aryl methyl sites for hydroxylation is 1. The Labute approximate surface area is 170 Å². The Morgan fingerprint density at radius 1 is 0.862 bits per heavy atom. The fourth-order valence-electron chi connectivity index (χ4n) is 3.55. The molecule has 0 radical (unpaired) electrons. The minimum atomic E-state index is -0.357. The molecular formula is C24H23N3O2. The molecule has 4 rings (SSSR count). The number of nitrogens with one attached hydrogen (secondary N) is 2. The summed E-state index contributed by atoms with van der Waals surface area (Å²) < 4.78 is 0. The Morgan fingerprint density at radius 2 is 1.48 bits per heavy atom. The van der Waals surface area contributed by atoms with Crippen molar-refractivity contribution in [3.63, 3.8) is 0 Å². The van der Waals surface area contributed by atoms with Crippen LogP contribution in [0.5, 0.6) is 0 Å². The van der Waals surface area contributed by atoms with E-state index >= 15 is 0 Å². The quantitative estimate of drug-likeness (QED) is 0.667. The molecule has 29 heavy (non-hydrogen) atoms. The molecular weight excluding hydrogens is 362 g/mol. The molecule has 5 heteroatoms. The van der Waals surface area contributed by atoms with E-state index in [2.05, 4.69) is 10.6 Å². The number of hydrogen-bond donors (Lipinski definition) is 2. The average Bonchev–Trinajstić information content (AvgIpc) is 3.12. The van der Waals surface area contributed by atoms with Gasteiger partial charge in [-0.05, 0) is 55.0 Å². The highest BCUT2D eigenvalue weighted by Gasteiger charge is 2.35. The van der Waals surface area contributed by atoms with Gasteiger partial charge in [0.05, 0.1) is 5.92 Å². The van der Waals surface area contributed by atoms with Crippen LogP contribution in [0.25, 0.3) is 0 Å². The number of hydrogen-bond acceptors (Lipinski definition) is 3.